The van der Waals surface area contributed by atoms with Gasteiger partial charge >= 0.3 is 0 Å². The Hall–Kier alpha value is -0.160. The average molecular weight is 200 g/mol. The van der Waals surface area contributed by atoms with Gasteiger partial charge in [0.2, 0.25) is 0 Å². The Kier molecular flexibility index (Phi) is 5.40. The standard InChI is InChI=1S/C10H24N4/c1-2-10-9-13(5-3-11)7-8-14(10)6-4-12/h10H,2-9,11-12H2,1H3. The van der Waals surface area contributed by atoms with Crippen LogP contribution in [0.3, 0.4) is 0 Å². The van der Waals surface area contributed by atoms with Gasteiger partial charge in [0, 0.05) is 51.9 Å². The van der Waals surface area contributed by atoms with Gasteiger partial charge < -0.3 is 11.5 Å². The molecule has 0 radical (unpaired) electrons. The fourth-order valence-electron chi connectivity index (χ4n) is 2.19. The Morgan fingerprint density at radius 1 is 1.14 bits per heavy atom. The third-order valence-corrected chi connectivity index (χ3v) is 3.02. The van der Waals surface area contributed by atoms with E-state index in [0.717, 1.165) is 45.8 Å². The van der Waals surface area contributed by atoms with Crippen molar-refractivity contribution >= 4 is 0 Å². The molecule has 1 unspecified atom stereocenters. The molecule has 1 fully saturated rings. The van der Waals surface area contributed by atoms with Crippen molar-refractivity contribution in [2.45, 2.75) is 19.4 Å². The number of rotatable bonds is 5. The van der Waals surface area contributed by atoms with E-state index in [9.17, 15) is 0 Å². The molecule has 1 heterocycles. The van der Waals surface area contributed by atoms with Crippen molar-refractivity contribution in [2.75, 3.05) is 45.8 Å². The zero-order valence-corrected chi connectivity index (χ0v) is 9.28. The lowest BCUT2D eigenvalue weighted by Crippen LogP contribution is -2.54. The smallest absolute Gasteiger partial charge is 0.0221 e. The third kappa shape index (κ3) is 3.20. The van der Waals surface area contributed by atoms with Crippen molar-refractivity contribution in [3.05, 3.63) is 0 Å². The van der Waals surface area contributed by atoms with Crippen molar-refractivity contribution in [3.63, 3.8) is 0 Å². The maximum atomic E-state index is 5.59. The van der Waals surface area contributed by atoms with Gasteiger partial charge in [-0.3, -0.25) is 9.80 Å². The Morgan fingerprint density at radius 3 is 2.43 bits per heavy atom. The van der Waals surface area contributed by atoms with E-state index in [4.69, 9.17) is 11.5 Å². The molecule has 0 saturated carbocycles. The molecular formula is C10H24N4. The van der Waals surface area contributed by atoms with Crippen molar-refractivity contribution in [1.82, 2.24) is 9.80 Å². The lowest BCUT2D eigenvalue weighted by Gasteiger charge is -2.41. The van der Waals surface area contributed by atoms with Gasteiger partial charge in [-0.25, -0.2) is 0 Å². The summed E-state index contributed by atoms with van der Waals surface area (Å²) in [6.45, 7) is 9.32. The average Bonchev–Trinajstić information content (AvgIpc) is 2.21. The van der Waals surface area contributed by atoms with E-state index in [1.807, 2.05) is 0 Å². The predicted octanol–water partition coefficient (Wildman–Crippen LogP) is -0.700. The van der Waals surface area contributed by atoms with Crippen LogP contribution in [-0.4, -0.2) is 61.7 Å². The Labute approximate surface area is 87.2 Å². The van der Waals surface area contributed by atoms with Gasteiger partial charge in [-0.15, -0.1) is 0 Å². The van der Waals surface area contributed by atoms with Crippen LogP contribution in [0.2, 0.25) is 0 Å². The molecule has 0 aromatic heterocycles. The first kappa shape index (κ1) is 11.9. The van der Waals surface area contributed by atoms with Crippen LogP contribution in [0.5, 0.6) is 0 Å². The van der Waals surface area contributed by atoms with Gasteiger partial charge in [-0.1, -0.05) is 6.92 Å². The third-order valence-electron chi connectivity index (χ3n) is 3.02. The summed E-state index contributed by atoms with van der Waals surface area (Å²) >= 11 is 0. The van der Waals surface area contributed by atoms with Gasteiger partial charge in [0.05, 0.1) is 0 Å². The van der Waals surface area contributed by atoms with Gasteiger partial charge in [-0.2, -0.15) is 0 Å². The summed E-state index contributed by atoms with van der Waals surface area (Å²) < 4.78 is 0. The highest BCUT2D eigenvalue weighted by molar-refractivity contribution is 4.81. The first-order chi connectivity index (χ1) is 6.81. The highest BCUT2D eigenvalue weighted by Crippen LogP contribution is 2.11. The number of nitrogens with two attached hydrogens (primary N) is 2. The highest BCUT2D eigenvalue weighted by Gasteiger charge is 2.24. The molecule has 4 nitrogen and oxygen atoms in total. The zero-order chi connectivity index (χ0) is 10.4. The number of hydrogen-bond acceptors (Lipinski definition) is 4. The second-order valence-electron chi connectivity index (χ2n) is 3.98. The van der Waals surface area contributed by atoms with Crippen LogP contribution in [-0.2, 0) is 0 Å². The number of nitrogens with zero attached hydrogens (tertiary/aromatic N) is 2. The lowest BCUT2D eigenvalue weighted by molar-refractivity contribution is 0.0765. The maximum Gasteiger partial charge on any atom is 0.0221 e. The second-order valence-corrected chi connectivity index (χ2v) is 3.98. The highest BCUT2D eigenvalue weighted by atomic mass is 15.3. The molecule has 0 aliphatic carbocycles. The Morgan fingerprint density at radius 2 is 1.86 bits per heavy atom. The Bertz CT molecular complexity index is 151. The molecule has 0 aromatic rings. The van der Waals surface area contributed by atoms with Crippen molar-refractivity contribution in [2.24, 2.45) is 11.5 Å². The van der Waals surface area contributed by atoms with E-state index in [1.165, 1.54) is 6.42 Å². The largest absolute Gasteiger partial charge is 0.329 e. The van der Waals surface area contributed by atoms with E-state index in [0.29, 0.717) is 6.04 Å². The van der Waals surface area contributed by atoms with Gasteiger partial charge in [0.1, 0.15) is 0 Å². The normalized spacial score (nSPS) is 25.5. The van der Waals surface area contributed by atoms with E-state index < -0.39 is 0 Å². The van der Waals surface area contributed by atoms with Crippen LogP contribution in [0.25, 0.3) is 0 Å². The minimum atomic E-state index is 0.679. The lowest BCUT2D eigenvalue weighted by atomic mass is 10.1. The first-order valence-corrected chi connectivity index (χ1v) is 5.68. The molecule has 1 saturated heterocycles. The molecule has 4 N–H and O–H groups in total. The van der Waals surface area contributed by atoms with E-state index >= 15 is 0 Å². The molecule has 0 amide bonds. The molecule has 4 heteroatoms. The fraction of sp³-hybridized carbons (Fsp3) is 1.00. The second kappa shape index (κ2) is 6.35. The minimum absolute atomic E-state index is 0.679. The monoisotopic (exact) mass is 200 g/mol. The fourth-order valence-corrected chi connectivity index (χ4v) is 2.19. The van der Waals surface area contributed by atoms with Gasteiger partial charge in [0.15, 0.2) is 0 Å². The Balaban J connectivity index is 2.37. The van der Waals surface area contributed by atoms with Crippen LogP contribution in [0.4, 0.5) is 0 Å². The summed E-state index contributed by atoms with van der Waals surface area (Å²) in [5.74, 6) is 0. The topological polar surface area (TPSA) is 58.5 Å². The van der Waals surface area contributed by atoms with Crippen molar-refractivity contribution in [1.29, 1.82) is 0 Å². The summed E-state index contributed by atoms with van der Waals surface area (Å²) in [6, 6.07) is 0.679. The number of piperazine rings is 1. The van der Waals surface area contributed by atoms with Crippen LogP contribution in [0.1, 0.15) is 13.3 Å². The molecule has 1 atom stereocenters. The van der Waals surface area contributed by atoms with E-state index in [2.05, 4.69) is 16.7 Å². The van der Waals surface area contributed by atoms with E-state index in [-0.39, 0.29) is 0 Å². The molecule has 1 aliphatic heterocycles. The predicted molar refractivity (Wildman–Crippen MR) is 60.2 cm³/mol. The molecule has 14 heavy (non-hydrogen) atoms. The summed E-state index contributed by atoms with van der Waals surface area (Å²) in [5.41, 5.74) is 11.2. The summed E-state index contributed by atoms with van der Waals surface area (Å²) in [6.07, 6.45) is 1.21. The molecule has 84 valence electrons. The first-order valence-electron chi connectivity index (χ1n) is 5.68. The van der Waals surface area contributed by atoms with Crippen molar-refractivity contribution < 1.29 is 0 Å². The quantitative estimate of drug-likeness (QED) is 0.616. The van der Waals surface area contributed by atoms with E-state index in [1.54, 1.807) is 0 Å². The van der Waals surface area contributed by atoms with Crippen LogP contribution < -0.4 is 11.5 Å². The molecule has 0 bridgehead atoms. The molecule has 1 rings (SSSR count). The molecule has 1 aliphatic rings. The molecule has 0 spiro atoms. The van der Waals surface area contributed by atoms with Gasteiger partial charge in [0.25, 0.3) is 0 Å². The zero-order valence-electron chi connectivity index (χ0n) is 9.28. The van der Waals surface area contributed by atoms with Crippen LogP contribution in [0, 0.1) is 0 Å². The number of hydrogen-bond donors (Lipinski definition) is 2. The van der Waals surface area contributed by atoms with Crippen molar-refractivity contribution in [3.8, 4) is 0 Å². The SMILES string of the molecule is CCC1CN(CCN)CCN1CCN. The van der Waals surface area contributed by atoms with Crippen LogP contribution in [0.15, 0.2) is 0 Å². The maximum absolute atomic E-state index is 5.59. The minimum Gasteiger partial charge on any atom is -0.329 e. The summed E-state index contributed by atoms with van der Waals surface area (Å²) in [4.78, 5) is 4.97. The van der Waals surface area contributed by atoms with Crippen LogP contribution >= 0.6 is 0 Å². The summed E-state index contributed by atoms with van der Waals surface area (Å²) in [7, 11) is 0. The molecular weight excluding hydrogens is 176 g/mol. The molecule has 0 aromatic carbocycles. The summed E-state index contributed by atoms with van der Waals surface area (Å²) in [5, 5.41) is 0. The van der Waals surface area contributed by atoms with Gasteiger partial charge in [-0.05, 0) is 6.42 Å².